The van der Waals surface area contributed by atoms with Gasteiger partial charge < -0.3 is 25.4 Å². The Morgan fingerprint density at radius 1 is 1.26 bits per heavy atom. The van der Waals surface area contributed by atoms with Gasteiger partial charge in [0.1, 0.15) is 23.1 Å². The second kappa shape index (κ2) is 10.7. The average Bonchev–Trinajstić information content (AvgIpc) is 3.18. The Morgan fingerprint density at radius 3 is 2.65 bits per heavy atom. The van der Waals surface area contributed by atoms with Gasteiger partial charge in [-0.1, -0.05) is 12.1 Å². The number of thiazole rings is 1. The molecule has 10 nitrogen and oxygen atoms in total. The van der Waals surface area contributed by atoms with Gasteiger partial charge in [-0.2, -0.15) is 9.97 Å². The van der Waals surface area contributed by atoms with Crippen LogP contribution in [0.15, 0.2) is 35.3 Å². The summed E-state index contributed by atoms with van der Waals surface area (Å²) in [6.07, 6.45) is 0. The molecule has 180 valence electrons. The minimum atomic E-state index is -0.919. The van der Waals surface area contributed by atoms with Crippen LogP contribution in [0.3, 0.4) is 0 Å². The molecule has 3 aromatic rings. The van der Waals surface area contributed by atoms with E-state index in [4.69, 9.17) is 9.72 Å². The van der Waals surface area contributed by atoms with Gasteiger partial charge >= 0.3 is 10.8 Å². The summed E-state index contributed by atoms with van der Waals surface area (Å²) in [4.78, 5) is 32.1. The number of nitrogens with one attached hydrogen (secondary N) is 3. The zero-order chi connectivity index (χ0) is 24.1. The maximum absolute atomic E-state index is 11.7. The van der Waals surface area contributed by atoms with Gasteiger partial charge in [-0.15, -0.1) is 4.99 Å². The van der Waals surface area contributed by atoms with E-state index in [2.05, 4.69) is 30.5 Å². The molecule has 1 aliphatic heterocycles. The number of piperazine rings is 1. The Labute approximate surface area is 200 Å². The van der Waals surface area contributed by atoms with E-state index < -0.39 is 16.4 Å². The zero-order valence-corrected chi connectivity index (χ0v) is 20.4. The summed E-state index contributed by atoms with van der Waals surface area (Å²) in [7, 11) is 1.00. The lowest BCUT2D eigenvalue weighted by atomic mass is 10.2. The Balaban J connectivity index is 1.69. The van der Waals surface area contributed by atoms with Crippen molar-refractivity contribution in [3.05, 3.63) is 51.3 Å². The first-order valence-corrected chi connectivity index (χ1v) is 12.6. The molecule has 0 amide bonds. The van der Waals surface area contributed by atoms with Crippen molar-refractivity contribution in [1.82, 2.24) is 20.3 Å². The lowest BCUT2D eigenvalue weighted by molar-refractivity contribution is 0.0701. The van der Waals surface area contributed by atoms with Crippen molar-refractivity contribution in [2.75, 3.05) is 43.5 Å². The van der Waals surface area contributed by atoms with Gasteiger partial charge in [-0.25, -0.2) is 4.79 Å². The Morgan fingerprint density at radius 2 is 2.00 bits per heavy atom. The van der Waals surface area contributed by atoms with E-state index in [0.29, 0.717) is 39.4 Å². The van der Waals surface area contributed by atoms with Gasteiger partial charge in [0.05, 0.1) is 12.8 Å². The molecule has 0 aliphatic carbocycles. The molecule has 0 bridgehead atoms. The van der Waals surface area contributed by atoms with Crippen molar-refractivity contribution in [2.45, 2.75) is 26.1 Å². The van der Waals surface area contributed by atoms with Crippen LogP contribution >= 0.6 is 10.5 Å². The highest BCUT2D eigenvalue weighted by atomic mass is 32.2. The van der Waals surface area contributed by atoms with E-state index in [1.54, 1.807) is 14.0 Å². The maximum Gasteiger partial charge on any atom is 0.391 e. The van der Waals surface area contributed by atoms with Crippen LogP contribution in [0.2, 0.25) is 0 Å². The van der Waals surface area contributed by atoms with E-state index in [1.807, 2.05) is 37.3 Å². The SMILES string of the molecule is CC[s+]1c(C(=O)O)c(C)[nH]c1=Nc1nc(NCc2ccc(OC)cc2)cc(N2CCNCC2)n1. The molecule has 3 heterocycles. The summed E-state index contributed by atoms with van der Waals surface area (Å²) in [6, 6.07) is 9.79. The van der Waals surface area contributed by atoms with E-state index >= 15 is 0 Å². The number of carboxylic acid groups (broad SMARTS) is 1. The molecule has 1 aromatic carbocycles. The van der Waals surface area contributed by atoms with Crippen molar-refractivity contribution in [3.8, 4) is 5.75 Å². The Kier molecular flexibility index (Phi) is 7.43. The Bertz CT molecular complexity index is 1210. The third-order valence-electron chi connectivity index (χ3n) is 5.57. The van der Waals surface area contributed by atoms with E-state index in [0.717, 1.165) is 43.3 Å². The molecule has 34 heavy (non-hydrogen) atoms. The molecule has 2 aromatic heterocycles. The third kappa shape index (κ3) is 5.37. The summed E-state index contributed by atoms with van der Waals surface area (Å²) in [6.45, 7) is 7.75. The van der Waals surface area contributed by atoms with E-state index in [9.17, 15) is 9.90 Å². The number of carboxylic acids is 1. The number of ether oxygens (including phenoxy) is 1. The lowest BCUT2D eigenvalue weighted by Crippen LogP contribution is -2.43. The number of aromatic amines is 1. The smallest absolute Gasteiger partial charge is 0.391 e. The largest absolute Gasteiger partial charge is 0.497 e. The average molecular weight is 485 g/mol. The minimum Gasteiger partial charge on any atom is -0.497 e. The first-order chi connectivity index (χ1) is 16.5. The van der Waals surface area contributed by atoms with Crippen LogP contribution in [-0.2, 0) is 12.3 Å². The number of rotatable bonds is 8. The van der Waals surface area contributed by atoms with Gasteiger partial charge in [0.2, 0.25) is 0 Å². The molecule has 0 spiro atoms. The fourth-order valence-electron chi connectivity index (χ4n) is 3.84. The van der Waals surface area contributed by atoms with Crippen LogP contribution in [0.5, 0.6) is 5.75 Å². The van der Waals surface area contributed by atoms with Gasteiger partial charge in [0.15, 0.2) is 0 Å². The highest BCUT2D eigenvalue weighted by Crippen LogP contribution is 2.25. The first kappa shape index (κ1) is 23.7. The van der Waals surface area contributed by atoms with E-state index in [-0.39, 0.29) is 0 Å². The molecule has 11 heteroatoms. The second-order valence-corrected chi connectivity index (χ2v) is 9.98. The number of hydrogen-bond acceptors (Lipinski definition) is 8. The van der Waals surface area contributed by atoms with Gasteiger partial charge in [-0.05, 0) is 31.5 Å². The predicted molar refractivity (Wildman–Crippen MR) is 133 cm³/mol. The lowest BCUT2D eigenvalue weighted by Gasteiger charge is -2.28. The number of carbonyl (C=O) groups is 1. The van der Waals surface area contributed by atoms with Crippen molar-refractivity contribution in [2.24, 2.45) is 4.99 Å². The molecule has 1 aliphatic rings. The molecular formula is C23H30N7O3S+. The van der Waals surface area contributed by atoms with Crippen LogP contribution in [0.25, 0.3) is 0 Å². The van der Waals surface area contributed by atoms with Crippen molar-refractivity contribution >= 4 is 34.0 Å². The molecule has 1 fully saturated rings. The fourth-order valence-corrected chi connectivity index (χ4v) is 5.69. The molecule has 0 saturated carbocycles. The fraction of sp³-hybridized carbons (Fsp3) is 0.391. The zero-order valence-electron chi connectivity index (χ0n) is 19.6. The standard InChI is InChI=1S/C23H29N7O3S/c1-4-34-20(21(31)32)15(2)26-23(34)29-22-27-18(13-19(28-22)30-11-9-24-10-12-30)25-14-16-5-7-17(33-3)8-6-16/h5-8,13,24H,4,9-12,14H2,1-3H3,(H2-,25,26,27,28,29,31,32)/p+1. The summed E-state index contributed by atoms with van der Waals surface area (Å²) in [5.74, 6) is 2.30. The number of H-pyrrole nitrogens is 1. The first-order valence-electron chi connectivity index (χ1n) is 11.2. The summed E-state index contributed by atoms with van der Waals surface area (Å²) < 4.78 is 5.23. The van der Waals surface area contributed by atoms with E-state index in [1.165, 1.54) is 0 Å². The van der Waals surface area contributed by atoms with Crippen molar-refractivity contribution in [3.63, 3.8) is 0 Å². The third-order valence-corrected chi connectivity index (χ3v) is 7.78. The normalized spacial score (nSPS) is 14.9. The maximum atomic E-state index is 11.7. The van der Waals surface area contributed by atoms with Crippen LogP contribution in [0, 0.1) is 6.92 Å². The van der Waals surface area contributed by atoms with Crippen LogP contribution in [0.4, 0.5) is 17.6 Å². The highest BCUT2D eigenvalue weighted by Gasteiger charge is 2.27. The number of aryl methyl sites for hydroxylation is 1. The van der Waals surface area contributed by atoms with Crippen LogP contribution < -0.4 is 25.1 Å². The number of hydrogen-bond donors (Lipinski definition) is 4. The molecule has 4 N–H and O–H groups in total. The number of aromatic nitrogens is 3. The predicted octanol–water partition coefficient (Wildman–Crippen LogP) is 2.84. The number of aromatic carboxylic acids is 1. The summed E-state index contributed by atoms with van der Waals surface area (Å²) >= 11 is 0. The van der Waals surface area contributed by atoms with Crippen LogP contribution in [-0.4, -0.2) is 59.3 Å². The van der Waals surface area contributed by atoms with Crippen molar-refractivity contribution < 1.29 is 14.6 Å². The molecule has 0 radical (unpaired) electrons. The number of methoxy groups -OCH3 is 1. The minimum absolute atomic E-state index is 0.307. The quantitative estimate of drug-likeness (QED) is 0.360. The summed E-state index contributed by atoms with van der Waals surface area (Å²) in [5, 5.41) is 16.4. The molecular weight excluding hydrogens is 454 g/mol. The topological polar surface area (TPSA) is 128 Å². The number of anilines is 2. The summed E-state index contributed by atoms with van der Waals surface area (Å²) in [5.41, 5.74) is 1.71. The molecule has 1 unspecified atom stereocenters. The second-order valence-electron chi connectivity index (χ2n) is 7.83. The number of benzene rings is 1. The molecule has 1 atom stereocenters. The van der Waals surface area contributed by atoms with Crippen molar-refractivity contribution in [1.29, 1.82) is 0 Å². The monoisotopic (exact) mass is 484 g/mol. The number of nitrogens with zero attached hydrogens (tertiary/aromatic N) is 4. The van der Waals surface area contributed by atoms with Gasteiger partial charge in [0.25, 0.3) is 10.8 Å². The molecule has 4 rings (SSSR count). The van der Waals surface area contributed by atoms with Crippen LogP contribution in [0.1, 0.15) is 27.9 Å². The van der Waals surface area contributed by atoms with Gasteiger partial charge in [-0.3, -0.25) is 4.98 Å². The Hall–Kier alpha value is -3.44. The molecule has 1 saturated heterocycles. The van der Waals surface area contributed by atoms with Gasteiger partial charge in [0, 0.05) is 49.3 Å². The highest BCUT2D eigenvalue weighted by molar-refractivity contribution is 7.30.